The molecule has 7 heteroatoms. The normalized spacial score (nSPS) is 17.6. The van der Waals surface area contributed by atoms with Crippen molar-refractivity contribution in [2.45, 2.75) is 24.9 Å². The van der Waals surface area contributed by atoms with Crippen LogP contribution in [0.2, 0.25) is 0 Å². The Morgan fingerprint density at radius 2 is 1.92 bits per heavy atom. The lowest BCUT2D eigenvalue weighted by molar-refractivity contribution is -0.122. The number of nitrogens with two attached hydrogens (primary N) is 1. The Hall–Kier alpha value is -2.80. The van der Waals surface area contributed by atoms with Crippen molar-refractivity contribution in [1.29, 1.82) is 0 Å². The predicted molar refractivity (Wildman–Crippen MR) is 93.5 cm³/mol. The van der Waals surface area contributed by atoms with Gasteiger partial charge < -0.3 is 5.73 Å². The summed E-state index contributed by atoms with van der Waals surface area (Å²) in [6, 6.07) is 9.96. The fourth-order valence-electron chi connectivity index (χ4n) is 3.81. The van der Waals surface area contributed by atoms with Gasteiger partial charge in [0, 0.05) is 19.3 Å². The first-order valence-electron chi connectivity index (χ1n) is 8.45. The van der Waals surface area contributed by atoms with Crippen molar-refractivity contribution in [1.82, 2.24) is 24.6 Å². The molecule has 1 fully saturated rings. The van der Waals surface area contributed by atoms with Gasteiger partial charge in [-0.05, 0) is 18.4 Å². The third-order valence-electron chi connectivity index (χ3n) is 4.87. The maximum Gasteiger partial charge on any atom is 0.221 e. The number of rotatable bonds is 5. The first-order valence-corrected chi connectivity index (χ1v) is 8.45. The molecule has 0 aliphatic carbocycles. The summed E-state index contributed by atoms with van der Waals surface area (Å²) >= 11 is 0. The molecule has 1 amide bonds. The van der Waals surface area contributed by atoms with E-state index < -0.39 is 5.66 Å². The number of amides is 1. The van der Waals surface area contributed by atoms with Crippen molar-refractivity contribution in [3.05, 3.63) is 54.6 Å². The Morgan fingerprint density at radius 1 is 1.16 bits per heavy atom. The van der Waals surface area contributed by atoms with Crippen LogP contribution in [0.3, 0.4) is 0 Å². The summed E-state index contributed by atoms with van der Waals surface area (Å²) in [6.45, 7) is 1.77. The highest BCUT2D eigenvalue weighted by Gasteiger charge is 2.44. The van der Waals surface area contributed by atoms with Gasteiger partial charge in [-0.25, -0.2) is 14.6 Å². The average molecular weight is 336 g/mol. The fraction of sp³-hybridized carbons (Fsp3) is 0.333. The minimum Gasteiger partial charge on any atom is -0.370 e. The Morgan fingerprint density at radius 3 is 2.64 bits per heavy atom. The Bertz CT molecular complexity index is 887. The molecule has 0 saturated carbocycles. The molecule has 2 N–H and O–H groups in total. The molecule has 3 heterocycles. The van der Waals surface area contributed by atoms with Gasteiger partial charge >= 0.3 is 0 Å². The van der Waals surface area contributed by atoms with Gasteiger partial charge in [-0.3, -0.25) is 9.69 Å². The van der Waals surface area contributed by atoms with Crippen molar-refractivity contribution in [3.63, 3.8) is 0 Å². The molecule has 25 heavy (non-hydrogen) atoms. The summed E-state index contributed by atoms with van der Waals surface area (Å²) in [5, 5.41) is 5.45. The molecule has 7 nitrogen and oxygen atoms in total. The molecule has 4 rings (SSSR count). The molecule has 1 unspecified atom stereocenters. The number of aromatic nitrogens is 4. The molecule has 0 spiro atoms. The van der Waals surface area contributed by atoms with E-state index >= 15 is 0 Å². The van der Waals surface area contributed by atoms with Gasteiger partial charge in [0.1, 0.15) is 6.33 Å². The van der Waals surface area contributed by atoms with E-state index in [1.165, 1.54) is 6.33 Å². The predicted octanol–water partition coefficient (Wildman–Crippen LogP) is 1.50. The number of benzene rings is 1. The van der Waals surface area contributed by atoms with Crippen LogP contribution in [-0.4, -0.2) is 43.6 Å². The molecular formula is C18H20N6O. The summed E-state index contributed by atoms with van der Waals surface area (Å²) in [6.07, 6.45) is 7.28. The Labute approximate surface area is 145 Å². The number of likely N-dealkylation sites (tertiary alicyclic amines) is 1. The second-order valence-corrected chi connectivity index (χ2v) is 6.38. The molecule has 1 aliphatic heterocycles. The lowest BCUT2D eigenvalue weighted by atomic mass is 9.93. The van der Waals surface area contributed by atoms with Gasteiger partial charge in [-0.15, -0.1) is 0 Å². The van der Waals surface area contributed by atoms with Crippen molar-refractivity contribution in [2.24, 2.45) is 5.73 Å². The van der Waals surface area contributed by atoms with E-state index in [0.29, 0.717) is 5.65 Å². The number of nitrogens with zero attached hydrogens (tertiary/aromatic N) is 5. The Kier molecular flexibility index (Phi) is 3.93. The van der Waals surface area contributed by atoms with Crippen LogP contribution in [0.4, 0.5) is 0 Å². The van der Waals surface area contributed by atoms with Crippen LogP contribution < -0.4 is 5.73 Å². The lowest BCUT2D eigenvalue weighted by Gasteiger charge is -2.42. The molecule has 1 aliphatic rings. The lowest BCUT2D eigenvalue weighted by Crippen LogP contribution is -2.53. The highest BCUT2D eigenvalue weighted by Crippen LogP contribution is 2.37. The van der Waals surface area contributed by atoms with Crippen LogP contribution in [0.5, 0.6) is 0 Å². The second kappa shape index (κ2) is 6.25. The largest absolute Gasteiger partial charge is 0.370 e. The van der Waals surface area contributed by atoms with E-state index in [4.69, 9.17) is 5.73 Å². The average Bonchev–Trinajstić information content (AvgIpc) is 3.31. The van der Waals surface area contributed by atoms with Gasteiger partial charge in [-0.1, -0.05) is 30.3 Å². The van der Waals surface area contributed by atoms with Crippen molar-refractivity contribution in [3.8, 4) is 0 Å². The van der Waals surface area contributed by atoms with Crippen LogP contribution in [0.1, 0.15) is 24.8 Å². The zero-order valence-electron chi connectivity index (χ0n) is 13.9. The van der Waals surface area contributed by atoms with E-state index in [9.17, 15) is 4.79 Å². The van der Waals surface area contributed by atoms with Crippen LogP contribution in [0, 0.1) is 0 Å². The third-order valence-corrected chi connectivity index (χ3v) is 4.87. The maximum atomic E-state index is 12.1. The van der Waals surface area contributed by atoms with E-state index in [2.05, 4.69) is 20.0 Å². The van der Waals surface area contributed by atoms with Crippen LogP contribution in [-0.2, 0) is 10.5 Å². The molecule has 128 valence electrons. The number of hydrogen-bond donors (Lipinski definition) is 1. The molecule has 1 saturated heterocycles. The van der Waals surface area contributed by atoms with E-state index in [0.717, 1.165) is 36.9 Å². The summed E-state index contributed by atoms with van der Waals surface area (Å²) < 4.78 is 1.84. The van der Waals surface area contributed by atoms with Crippen molar-refractivity contribution < 1.29 is 4.79 Å². The number of fused-ring (bicyclic) bond motifs is 1. The highest BCUT2D eigenvalue weighted by molar-refractivity contribution is 5.77. The van der Waals surface area contributed by atoms with Gasteiger partial charge in [-0.2, -0.15) is 5.10 Å². The standard InChI is InChI=1S/C18H20N6O/c19-16(25)10-18(23-8-4-5-9-23,15-6-2-1-3-7-15)24-17-14(12-22-24)11-20-13-21-17/h1-3,6-7,11-13H,4-5,8-10H2,(H2,19,25). The quantitative estimate of drug-likeness (QED) is 0.762. The summed E-state index contributed by atoms with van der Waals surface area (Å²) in [5.41, 5.74) is 6.60. The van der Waals surface area contributed by atoms with Gasteiger partial charge in [0.05, 0.1) is 18.0 Å². The SMILES string of the molecule is NC(=O)CC(c1ccccc1)(N1CCCC1)n1ncc2cncnc21. The minimum atomic E-state index is -0.778. The molecule has 3 aromatic rings. The molecule has 1 atom stereocenters. The third kappa shape index (κ3) is 2.56. The summed E-state index contributed by atoms with van der Waals surface area (Å²) in [5.74, 6) is -0.367. The number of hydrogen-bond acceptors (Lipinski definition) is 5. The van der Waals surface area contributed by atoms with Gasteiger partial charge in [0.2, 0.25) is 5.91 Å². The second-order valence-electron chi connectivity index (χ2n) is 6.38. The molecule has 2 aromatic heterocycles. The van der Waals surface area contributed by atoms with E-state index in [1.807, 2.05) is 35.0 Å². The van der Waals surface area contributed by atoms with Crippen LogP contribution in [0.15, 0.2) is 49.1 Å². The van der Waals surface area contributed by atoms with Crippen molar-refractivity contribution in [2.75, 3.05) is 13.1 Å². The topological polar surface area (TPSA) is 89.9 Å². The first-order chi connectivity index (χ1) is 12.2. The zero-order chi connectivity index (χ0) is 17.3. The minimum absolute atomic E-state index is 0.137. The summed E-state index contributed by atoms with van der Waals surface area (Å²) in [4.78, 5) is 22.9. The van der Waals surface area contributed by atoms with Crippen molar-refractivity contribution >= 4 is 16.9 Å². The summed E-state index contributed by atoms with van der Waals surface area (Å²) in [7, 11) is 0. The van der Waals surface area contributed by atoms with Crippen LogP contribution >= 0.6 is 0 Å². The first kappa shape index (κ1) is 15.7. The molecular weight excluding hydrogens is 316 g/mol. The molecule has 0 bridgehead atoms. The van der Waals surface area contributed by atoms with E-state index in [-0.39, 0.29) is 12.3 Å². The monoisotopic (exact) mass is 336 g/mol. The Balaban J connectivity index is 2.01. The van der Waals surface area contributed by atoms with Gasteiger partial charge in [0.25, 0.3) is 0 Å². The number of primary amides is 1. The molecule has 1 aromatic carbocycles. The highest BCUT2D eigenvalue weighted by atomic mass is 16.1. The van der Waals surface area contributed by atoms with Crippen LogP contribution in [0.25, 0.3) is 11.0 Å². The number of carbonyl (C=O) groups is 1. The van der Waals surface area contributed by atoms with Gasteiger partial charge in [0.15, 0.2) is 11.3 Å². The molecule has 0 radical (unpaired) electrons. The smallest absolute Gasteiger partial charge is 0.221 e. The maximum absolute atomic E-state index is 12.1. The van der Waals surface area contributed by atoms with E-state index in [1.54, 1.807) is 12.4 Å². The number of carbonyl (C=O) groups excluding carboxylic acids is 1. The zero-order valence-corrected chi connectivity index (χ0v) is 13.9. The fourth-order valence-corrected chi connectivity index (χ4v) is 3.81.